The number of pyridine rings is 1. The number of hydrogen-bond acceptors (Lipinski definition) is 5. The fourth-order valence-electron chi connectivity index (χ4n) is 1.45. The summed E-state index contributed by atoms with van der Waals surface area (Å²) >= 11 is 1.72. The van der Waals surface area contributed by atoms with Crippen LogP contribution in [0.15, 0.2) is 24.5 Å². The van der Waals surface area contributed by atoms with Crippen LogP contribution in [-0.4, -0.2) is 17.1 Å². The van der Waals surface area contributed by atoms with Crippen molar-refractivity contribution in [1.82, 2.24) is 15.3 Å². The Labute approximate surface area is 105 Å². The fourth-order valence-corrected chi connectivity index (χ4v) is 2.22. The maximum Gasteiger partial charge on any atom is 0.212 e. The number of aromatic nitrogens is 2. The first-order chi connectivity index (χ1) is 8.28. The zero-order valence-corrected chi connectivity index (χ0v) is 10.8. The van der Waals surface area contributed by atoms with E-state index in [4.69, 9.17) is 4.74 Å². The number of thiazole rings is 1. The Morgan fingerprint density at radius 2 is 2.12 bits per heavy atom. The van der Waals surface area contributed by atoms with Crippen molar-refractivity contribution in [3.05, 3.63) is 40.0 Å². The van der Waals surface area contributed by atoms with Gasteiger partial charge in [0.2, 0.25) is 5.88 Å². The minimum absolute atomic E-state index is 0.645. The van der Waals surface area contributed by atoms with E-state index in [1.165, 1.54) is 4.88 Å². The van der Waals surface area contributed by atoms with Gasteiger partial charge in [-0.05, 0) is 12.5 Å². The lowest BCUT2D eigenvalue weighted by atomic mass is 10.3. The van der Waals surface area contributed by atoms with Gasteiger partial charge in [-0.3, -0.25) is 0 Å². The Kier molecular flexibility index (Phi) is 4.06. The highest BCUT2D eigenvalue weighted by atomic mass is 32.1. The smallest absolute Gasteiger partial charge is 0.212 e. The normalized spacial score (nSPS) is 10.5. The van der Waals surface area contributed by atoms with Crippen molar-refractivity contribution in [2.75, 3.05) is 7.11 Å². The van der Waals surface area contributed by atoms with Gasteiger partial charge in [0.25, 0.3) is 0 Å². The molecular weight excluding hydrogens is 234 g/mol. The maximum atomic E-state index is 5.01. The topological polar surface area (TPSA) is 47.0 Å². The van der Waals surface area contributed by atoms with Crippen LogP contribution >= 0.6 is 11.3 Å². The zero-order valence-electron chi connectivity index (χ0n) is 9.93. The minimum Gasteiger partial charge on any atom is -0.481 e. The van der Waals surface area contributed by atoms with E-state index in [9.17, 15) is 0 Å². The van der Waals surface area contributed by atoms with Crippen molar-refractivity contribution < 1.29 is 4.74 Å². The summed E-state index contributed by atoms with van der Waals surface area (Å²) in [5, 5.41) is 4.46. The Bertz CT molecular complexity index is 467. The SMILES string of the molecule is COc1ccc(CNCc2cnc(C)s2)cn1. The lowest BCUT2D eigenvalue weighted by Gasteiger charge is -2.03. The largest absolute Gasteiger partial charge is 0.481 e. The summed E-state index contributed by atoms with van der Waals surface area (Å²) in [7, 11) is 1.62. The third-order valence-electron chi connectivity index (χ3n) is 2.30. The molecule has 2 aromatic heterocycles. The lowest BCUT2D eigenvalue weighted by molar-refractivity contribution is 0.397. The van der Waals surface area contributed by atoms with E-state index >= 15 is 0 Å². The van der Waals surface area contributed by atoms with Gasteiger partial charge in [0.15, 0.2) is 0 Å². The van der Waals surface area contributed by atoms with Crippen LogP contribution < -0.4 is 10.1 Å². The highest BCUT2D eigenvalue weighted by molar-refractivity contribution is 7.11. The summed E-state index contributed by atoms with van der Waals surface area (Å²) in [6.07, 6.45) is 3.74. The van der Waals surface area contributed by atoms with E-state index in [-0.39, 0.29) is 0 Å². The predicted molar refractivity (Wildman–Crippen MR) is 68.2 cm³/mol. The van der Waals surface area contributed by atoms with E-state index in [1.54, 1.807) is 18.4 Å². The van der Waals surface area contributed by atoms with Crippen molar-refractivity contribution >= 4 is 11.3 Å². The molecular formula is C12H15N3OS. The van der Waals surface area contributed by atoms with Gasteiger partial charge in [-0.2, -0.15) is 0 Å². The molecule has 0 fully saturated rings. The lowest BCUT2D eigenvalue weighted by Crippen LogP contribution is -2.11. The monoisotopic (exact) mass is 249 g/mol. The molecule has 0 aliphatic rings. The first kappa shape index (κ1) is 12.0. The van der Waals surface area contributed by atoms with Crippen molar-refractivity contribution in [2.45, 2.75) is 20.0 Å². The number of aryl methyl sites for hydroxylation is 1. The second-order valence-electron chi connectivity index (χ2n) is 3.66. The van der Waals surface area contributed by atoms with E-state index in [2.05, 4.69) is 15.3 Å². The van der Waals surface area contributed by atoms with Crippen molar-refractivity contribution in [1.29, 1.82) is 0 Å². The van der Waals surface area contributed by atoms with Gasteiger partial charge in [-0.1, -0.05) is 6.07 Å². The molecule has 90 valence electrons. The summed E-state index contributed by atoms with van der Waals surface area (Å²) in [4.78, 5) is 9.62. The summed E-state index contributed by atoms with van der Waals surface area (Å²) in [5.74, 6) is 0.645. The second kappa shape index (κ2) is 5.75. The van der Waals surface area contributed by atoms with Crippen LogP contribution in [0.25, 0.3) is 0 Å². The molecule has 0 aliphatic carbocycles. The van der Waals surface area contributed by atoms with Crippen LogP contribution in [0.4, 0.5) is 0 Å². The molecule has 0 aromatic carbocycles. The van der Waals surface area contributed by atoms with Crippen LogP contribution in [0.5, 0.6) is 5.88 Å². The third kappa shape index (κ3) is 3.51. The molecule has 1 N–H and O–H groups in total. The van der Waals surface area contributed by atoms with Crippen molar-refractivity contribution in [3.8, 4) is 5.88 Å². The molecule has 2 aromatic rings. The molecule has 0 spiro atoms. The standard InChI is InChI=1S/C12H15N3OS/c1-9-14-8-11(17-9)7-13-5-10-3-4-12(16-2)15-6-10/h3-4,6,8,13H,5,7H2,1-2H3. The Balaban J connectivity index is 1.81. The van der Waals surface area contributed by atoms with Crippen LogP contribution in [0.1, 0.15) is 15.4 Å². The molecule has 0 saturated heterocycles. The van der Waals surface area contributed by atoms with Gasteiger partial charge in [0.1, 0.15) is 0 Å². The number of rotatable bonds is 5. The van der Waals surface area contributed by atoms with E-state index < -0.39 is 0 Å². The Hall–Kier alpha value is -1.46. The summed E-state index contributed by atoms with van der Waals surface area (Å²) < 4.78 is 5.01. The summed E-state index contributed by atoms with van der Waals surface area (Å²) in [5.41, 5.74) is 1.15. The number of methoxy groups -OCH3 is 1. The zero-order chi connectivity index (χ0) is 12.1. The molecule has 2 heterocycles. The van der Waals surface area contributed by atoms with Gasteiger partial charge in [0, 0.05) is 36.4 Å². The molecule has 4 nitrogen and oxygen atoms in total. The third-order valence-corrected chi connectivity index (χ3v) is 3.22. The van der Waals surface area contributed by atoms with Crippen molar-refractivity contribution in [2.24, 2.45) is 0 Å². The van der Waals surface area contributed by atoms with Crippen LogP contribution in [-0.2, 0) is 13.1 Å². The Morgan fingerprint density at radius 1 is 1.24 bits per heavy atom. The molecule has 17 heavy (non-hydrogen) atoms. The first-order valence-corrected chi connectivity index (χ1v) is 6.20. The van der Waals surface area contributed by atoms with Gasteiger partial charge < -0.3 is 10.1 Å². The highest BCUT2D eigenvalue weighted by Crippen LogP contribution is 2.11. The van der Waals surface area contributed by atoms with E-state index in [0.29, 0.717) is 5.88 Å². The molecule has 5 heteroatoms. The average molecular weight is 249 g/mol. The van der Waals surface area contributed by atoms with Crippen molar-refractivity contribution in [3.63, 3.8) is 0 Å². The number of hydrogen-bond donors (Lipinski definition) is 1. The van der Waals surface area contributed by atoms with Gasteiger partial charge >= 0.3 is 0 Å². The Morgan fingerprint density at radius 3 is 2.71 bits per heavy atom. The number of ether oxygens (including phenoxy) is 1. The van der Waals surface area contributed by atoms with Crippen LogP contribution in [0, 0.1) is 6.92 Å². The molecule has 0 radical (unpaired) electrons. The molecule has 2 rings (SSSR count). The quantitative estimate of drug-likeness (QED) is 0.882. The predicted octanol–water partition coefficient (Wildman–Crippen LogP) is 2.14. The van der Waals surface area contributed by atoms with Gasteiger partial charge in [-0.25, -0.2) is 9.97 Å². The molecule has 0 bridgehead atoms. The molecule has 0 saturated carbocycles. The van der Waals surface area contributed by atoms with Gasteiger partial charge in [0.05, 0.1) is 12.1 Å². The van der Waals surface area contributed by atoms with E-state index in [1.807, 2.05) is 31.5 Å². The number of nitrogens with one attached hydrogen (secondary N) is 1. The molecule has 0 atom stereocenters. The first-order valence-electron chi connectivity index (χ1n) is 5.39. The fraction of sp³-hybridized carbons (Fsp3) is 0.333. The van der Waals surface area contributed by atoms with Crippen LogP contribution in [0.2, 0.25) is 0 Å². The molecule has 0 aliphatic heterocycles. The maximum absolute atomic E-state index is 5.01. The average Bonchev–Trinajstić information content (AvgIpc) is 2.76. The highest BCUT2D eigenvalue weighted by Gasteiger charge is 1.99. The molecule has 0 amide bonds. The number of nitrogens with zero attached hydrogens (tertiary/aromatic N) is 2. The molecule has 0 unspecified atom stereocenters. The summed E-state index contributed by atoms with van der Waals surface area (Å²) in [6, 6.07) is 3.88. The van der Waals surface area contributed by atoms with Crippen LogP contribution in [0.3, 0.4) is 0 Å². The van der Waals surface area contributed by atoms with Gasteiger partial charge in [-0.15, -0.1) is 11.3 Å². The second-order valence-corrected chi connectivity index (χ2v) is 4.98. The van der Waals surface area contributed by atoms with E-state index in [0.717, 1.165) is 23.7 Å². The minimum atomic E-state index is 0.645. The summed E-state index contributed by atoms with van der Waals surface area (Å²) in [6.45, 7) is 3.66.